The first kappa shape index (κ1) is 18.1. The minimum absolute atomic E-state index is 0.206. The third-order valence-corrected chi connectivity index (χ3v) is 4.31. The van der Waals surface area contributed by atoms with Crippen molar-refractivity contribution >= 4 is 40.2 Å². The molecule has 0 aliphatic carbocycles. The number of nitrogens with two attached hydrogens (primary N) is 1. The highest BCUT2D eigenvalue weighted by molar-refractivity contribution is 6.09. The van der Waals surface area contributed by atoms with Gasteiger partial charge in [0.25, 0.3) is 5.91 Å². The zero-order valence-corrected chi connectivity index (χ0v) is 15.4. The lowest BCUT2D eigenvalue weighted by molar-refractivity contribution is 0.102. The van der Waals surface area contributed by atoms with Crippen LogP contribution in [0, 0.1) is 0 Å². The molecule has 1 aromatic heterocycles. The molecular weight excluding hydrogens is 364 g/mol. The first-order valence-electron chi connectivity index (χ1n) is 8.94. The molecule has 4 rings (SSSR count). The van der Waals surface area contributed by atoms with E-state index in [-0.39, 0.29) is 5.91 Å². The van der Waals surface area contributed by atoms with Crippen molar-refractivity contribution in [1.82, 2.24) is 9.97 Å². The topological polar surface area (TPSA) is 105 Å². The highest BCUT2D eigenvalue weighted by Gasteiger charge is 2.12. The summed E-state index contributed by atoms with van der Waals surface area (Å²) in [5.74, 6) is 5.52. The number of aromatic nitrogens is 2. The van der Waals surface area contributed by atoms with E-state index in [1.165, 1.54) is 0 Å². The van der Waals surface area contributed by atoms with Gasteiger partial charge in [-0.1, -0.05) is 30.3 Å². The van der Waals surface area contributed by atoms with E-state index in [9.17, 15) is 4.79 Å². The van der Waals surface area contributed by atoms with Gasteiger partial charge in [-0.05, 0) is 47.3 Å². The zero-order chi connectivity index (χ0) is 20.1. The van der Waals surface area contributed by atoms with Crippen molar-refractivity contribution in [2.75, 3.05) is 10.6 Å². The molecule has 0 unspecified atom stereocenters. The number of hydrogen-bond donors (Lipinski definition) is 3. The lowest BCUT2D eigenvalue weighted by atomic mass is 10.0. The quantitative estimate of drug-likeness (QED) is 0.276. The molecule has 0 aliphatic heterocycles. The normalized spacial score (nSPS) is 10.9. The van der Waals surface area contributed by atoms with Crippen molar-refractivity contribution < 1.29 is 4.79 Å². The minimum atomic E-state index is -0.206. The fraction of sp³-hybridized carbons (Fsp3) is 0. The Morgan fingerprint density at radius 2 is 1.76 bits per heavy atom. The van der Waals surface area contributed by atoms with Crippen molar-refractivity contribution in [3.8, 4) is 0 Å². The number of amides is 1. The molecule has 0 radical (unpaired) electrons. The van der Waals surface area contributed by atoms with Crippen molar-refractivity contribution in [3.05, 3.63) is 90.3 Å². The van der Waals surface area contributed by atoms with Gasteiger partial charge in [0.05, 0.1) is 6.21 Å². The molecule has 0 spiro atoms. The number of carbonyl (C=O) groups excluding carboxylic acids is 1. The monoisotopic (exact) mass is 382 g/mol. The Morgan fingerprint density at radius 1 is 0.966 bits per heavy atom. The largest absolute Gasteiger partial charge is 0.324 e. The maximum Gasteiger partial charge on any atom is 0.255 e. The summed E-state index contributed by atoms with van der Waals surface area (Å²) in [5, 5.41) is 11.5. The molecule has 1 amide bonds. The highest BCUT2D eigenvalue weighted by Crippen LogP contribution is 2.29. The lowest BCUT2D eigenvalue weighted by Crippen LogP contribution is -2.12. The number of rotatable bonds is 5. The predicted octanol–water partition coefficient (Wildman–Crippen LogP) is 3.92. The van der Waals surface area contributed by atoms with E-state index in [0.717, 1.165) is 22.0 Å². The van der Waals surface area contributed by atoms with Crippen LogP contribution in [-0.4, -0.2) is 22.1 Å². The molecule has 0 bridgehead atoms. The van der Waals surface area contributed by atoms with Gasteiger partial charge in [0, 0.05) is 34.7 Å². The standard InChI is InChI=1S/C22H18N6O/c23-26-14-15-7-8-16-12-17(21(29)27-18-5-2-1-3-6-18)13-20(19(16)11-15)28-22-24-9-4-10-25-22/h1-14H,23H2,(H,27,29)(H,24,25,28). The lowest BCUT2D eigenvalue weighted by Gasteiger charge is -2.12. The van der Waals surface area contributed by atoms with Crippen molar-refractivity contribution in [2.45, 2.75) is 0 Å². The van der Waals surface area contributed by atoms with Crippen molar-refractivity contribution in [2.24, 2.45) is 10.9 Å². The van der Waals surface area contributed by atoms with Crippen LogP contribution < -0.4 is 16.5 Å². The molecule has 29 heavy (non-hydrogen) atoms. The molecule has 7 heteroatoms. The van der Waals surface area contributed by atoms with Gasteiger partial charge in [0.1, 0.15) is 0 Å². The first-order valence-corrected chi connectivity index (χ1v) is 8.94. The summed E-state index contributed by atoms with van der Waals surface area (Å²) >= 11 is 0. The van der Waals surface area contributed by atoms with Crippen LogP contribution in [0.25, 0.3) is 10.8 Å². The van der Waals surface area contributed by atoms with E-state index in [2.05, 4.69) is 25.7 Å². The third kappa shape index (κ3) is 4.19. The van der Waals surface area contributed by atoms with Gasteiger partial charge in [-0.25, -0.2) is 9.97 Å². The summed E-state index contributed by atoms with van der Waals surface area (Å²) in [5.41, 5.74) is 2.80. The average molecular weight is 382 g/mol. The van der Waals surface area contributed by atoms with E-state index >= 15 is 0 Å². The first-order chi connectivity index (χ1) is 14.2. The van der Waals surface area contributed by atoms with Gasteiger partial charge >= 0.3 is 0 Å². The number of anilines is 3. The second kappa shape index (κ2) is 8.18. The van der Waals surface area contributed by atoms with Crippen LogP contribution >= 0.6 is 0 Å². The van der Waals surface area contributed by atoms with E-state index < -0.39 is 0 Å². The molecule has 0 saturated heterocycles. The third-order valence-electron chi connectivity index (χ3n) is 4.31. The number of para-hydroxylation sites is 1. The summed E-state index contributed by atoms with van der Waals surface area (Å²) < 4.78 is 0. The molecule has 0 fully saturated rings. The molecule has 0 saturated carbocycles. The van der Waals surface area contributed by atoms with E-state index in [0.29, 0.717) is 17.2 Å². The molecule has 0 atom stereocenters. The van der Waals surface area contributed by atoms with Crippen LogP contribution in [-0.2, 0) is 0 Å². The summed E-state index contributed by atoms with van der Waals surface area (Å²) in [6, 6.07) is 20.4. The van der Waals surface area contributed by atoms with Gasteiger partial charge in [-0.2, -0.15) is 5.10 Å². The highest BCUT2D eigenvalue weighted by atomic mass is 16.1. The van der Waals surface area contributed by atoms with Crippen molar-refractivity contribution in [1.29, 1.82) is 0 Å². The number of nitrogens with zero attached hydrogens (tertiary/aromatic N) is 3. The Bertz CT molecular complexity index is 1180. The summed E-state index contributed by atoms with van der Waals surface area (Å²) in [4.78, 5) is 21.2. The fourth-order valence-electron chi connectivity index (χ4n) is 2.99. The number of carbonyl (C=O) groups is 1. The van der Waals surface area contributed by atoms with Gasteiger partial charge in [-0.3, -0.25) is 4.79 Å². The maximum absolute atomic E-state index is 12.8. The second-order valence-corrected chi connectivity index (χ2v) is 6.30. The van der Waals surface area contributed by atoms with Crippen molar-refractivity contribution in [3.63, 3.8) is 0 Å². The number of benzene rings is 3. The predicted molar refractivity (Wildman–Crippen MR) is 115 cm³/mol. The Balaban J connectivity index is 1.77. The van der Waals surface area contributed by atoms with Crippen LogP contribution in [0.5, 0.6) is 0 Å². The SMILES string of the molecule is NN=Cc1ccc2cc(C(=O)Nc3ccccc3)cc(Nc3ncccn3)c2c1. The Kier molecular flexibility index (Phi) is 5.11. The Labute approximate surface area is 167 Å². The molecule has 0 aliphatic rings. The van der Waals surface area contributed by atoms with E-state index in [4.69, 9.17) is 5.84 Å². The molecule has 142 valence electrons. The van der Waals surface area contributed by atoms with Crippen LogP contribution in [0.1, 0.15) is 15.9 Å². The number of nitrogens with one attached hydrogen (secondary N) is 2. The van der Waals surface area contributed by atoms with Gasteiger partial charge in [-0.15, -0.1) is 0 Å². The molecule has 4 aromatic rings. The van der Waals surface area contributed by atoms with Gasteiger partial charge < -0.3 is 16.5 Å². The summed E-state index contributed by atoms with van der Waals surface area (Å²) in [6.45, 7) is 0. The molecule has 3 aromatic carbocycles. The molecule has 7 nitrogen and oxygen atoms in total. The van der Waals surface area contributed by atoms with Gasteiger partial charge in [0.15, 0.2) is 0 Å². The molecular formula is C22H18N6O. The van der Waals surface area contributed by atoms with Crippen LogP contribution in [0.4, 0.5) is 17.3 Å². The molecule has 4 N–H and O–H groups in total. The summed E-state index contributed by atoms with van der Waals surface area (Å²) in [7, 11) is 0. The smallest absolute Gasteiger partial charge is 0.255 e. The van der Waals surface area contributed by atoms with E-state index in [1.807, 2.05) is 54.6 Å². The zero-order valence-electron chi connectivity index (χ0n) is 15.4. The van der Waals surface area contributed by atoms with Crippen LogP contribution in [0.15, 0.2) is 84.2 Å². The Morgan fingerprint density at radius 3 is 2.52 bits per heavy atom. The fourth-order valence-corrected chi connectivity index (χ4v) is 2.99. The number of fused-ring (bicyclic) bond motifs is 1. The number of hydrogen-bond acceptors (Lipinski definition) is 6. The maximum atomic E-state index is 12.8. The van der Waals surface area contributed by atoms with Crippen LogP contribution in [0.2, 0.25) is 0 Å². The number of hydrazone groups is 1. The average Bonchev–Trinajstić information content (AvgIpc) is 2.75. The minimum Gasteiger partial charge on any atom is -0.324 e. The Hall–Kier alpha value is -4.26. The summed E-state index contributed by atoms with van der Waals surface area (Å²) in [6.07, 6.45) is 4.87. The molecule has 1 heterocycles. The van der Waals surface area contributed by atoms with E-state index in [1.54, 1.807) is 30.7 Å². The second-order valence-electron chi connectivity index (χ2n) is 6.30. The van der Waals surface area contributed by atoms with Gasteiger partial charge in [0.2, 0.25) is 5.95 Å². The van der Waals surface area contributed by atoms with Crippen LogP contribution in [0.3, 0.4) is 0 Å².